The average Bonchev–Trinajstić information content (AvgIpc) is 3.00. The first-order valence-corrected chi connectivity index (χ1v) is 8.17. The second kappa shape index (κ2) is 6.26. The number of nitrogens with one attached hydrogen (secondary N) is 2. The minimum Gasteiger partial charge on any atom is -0.385 e. The number of nitrogens with zero attached hydrogens (tertiary/aromatic N) is 1. The maximum atomic E-state index is 12.4. The van der Waals surface area contributed by atoms with Gasteiger partial charge >= 0.3 is 0 Å². The van der Waals surface area contributed by atoms with Crippen LogP contribution in [0.5, 0.6) is 0 Å². The Morgan fingerprint density at radius 2 is 2.38 bits per heavy atom. The van der Waals surface area contributed by atoms with Crippen molar-refractivity contribution in [3.63, 3.8) is 0 Å². The van der Waals surface area contributed by atoms with Crippen LogP contribution in [0.3, 0.4) is 0 Å². The highest BCUT2D eigenvalue weighted by Gasteiger charge is 2.17. The van der Waals surface area contributed by atoms with Gasteiger partial charge in [0.25, 0.3) is 5.91 Å². The standard InChI is InChI=1S/C16H19N3OS/c1-2-11-9-18-15(21-11)10-19-16(20)13-5-3-7-14-12(13)6-4-8-17-14/h3,5,7,9,17H,2,4,6,8,10H2,1H3,(H,19,20). The third-order valence-corrected chi connectivity index (χ3v) is 4.83. The van der Waals surface area contributed by atoms with Gasteiger partial charge in [0, 0.05) is 28.9 Å². The molecule has 1 aromatic carbocycles. The Morgan fingerprint density at radius 3 is 3.19 bits per heavy atom. The lowest BCUT2D eigenvalue weighted by molar-refractivity contribution is 0.0950. The Hall–Kier alpha value is -1.88. The van der Waals surface area contributed by atoms with Crippen molar-refractivity contribution in [3.05, 3.63) is 45.4 Å². The third-order valence-electron chi connectivity index (χ3n) is 3.69. The van der Waals surface area contributed by atoms with Gasteiger partial charge in [-0.2, -0.15) is 0 Å². The Morgan fingerprint density at radius 1 is 1.48 bits per heavy atom. The van der Waals surface area contributed by atoms with Crippen LogP contribution in [-0.2, 0) is 19.4 Å². The maximum absolute atomic E-state index is 12.4. The van der Waals surface area contributed by atoms with E-state index in [2.05, 4.69) is 22.5 Å². The number of thiazole rings is 1. The van der Waals surface area contributed by atoms with Gasteiger partial charge in [0.05, 0.1) is 6.54 Å². The van der Waals surface area contributed by atoms with Crippen LogP contribution in [0.25, 0.3) is 0 Å². The summed E-state index contributed by atoms with van der Waals surface area (Å²) in [6.07, 6.45) is 4.91. The van der Waals surface area contributed by atoms with Crippen LogP contribution in [0.15, 0.2) is 24.4 Å². The number of fused-ring (bicyclic) bond motifs is 1. The number of hydrogen-bond donors (Lipinski definition) is 2. The molecule has 0 aliphatic carbocycles. The van der Waals surface area contributed by atoms with E-state index in [4.69, 9.17) is 0 Å². The fourth-order valence-electron chi connectivity index (χ4n) is 2.57. The molecule has 0 radical (unpaired) electrons. The predicted octanol–water partition coefficient (Wildman–Crippen LogP) is 2.99. The van der Waals surface area contributed by atoms with Crippen LogP contribution >= 0.6 is 11.3 Å². The number of benzene rings is 1. The normalized spacial score (nSPS) is 13.4. The molecule has 5 heteroatoms. The molecular formula is C16H19N3OS. The van der Waals surface area contributed by atoms with E-state index in [1.54, 1.807) is 11.3 Å². The molecule has 0 saturated carbocycles. The van der Waals surface area contributed by atoms with Gasteiger partial charge in [-0.3, -0.25) is 4.79 Å². The van der Waals surface area contributed by atoms with Crippen LogP contribution in [0, 0.1) is 0 Å². The summed E-state index contributed by atoms with van der Waals surface area (Å²) < 4.78 is 0. The first kappa shape index (κ1) is 14.1. The first-order valence-electron chi connectivity index (χ1n) is 7.35. The molecule has 21 heavy (non-hydrogen) atoms. The van der Waals surface area contributed by atoms with Crippen LogP contribution < -0.4 is 10.6 Å². The summed E-state index contributed by atoms with van der Waals surface area (Å²) in [5.74, 6) is -0.0104. The van der Waals surface area contributed by atoms with Gasteiger partial charge in [-0.05, 0) is 37.0 Å². The van der Waals surface area contributed by atoms with Crippen LogP contribution in [0.4, 0.5) is 5.69 Å². The summed E-state index contributed by atoms with van der Waals surface area (Å²) in [6.45, 7) is 3.59. The van der Waals surface area contributed by atoms with Gasteiger partial charge in [-0.25, -0.2) is 4.98 Å². The van der Waals surface area contributed by atoms with Gasteiger partial charge in [-0.15, -0.1) is 11.3 Å². The summed E-state index contributed by atoms with van der Waals surface area (Å²) in [5.41, 5.74) is 3.01. The van der Waals surface area contributed by atoms with E-state index in [1.165, 1.54) is 4.88 Å². The van der Waals surface area contributed by atoms with E-state index in [0.717, 1.165) is 47.6 Å². The zero-order valence-corrected chi connectivity index (χ0v) is 12.9. The summed E-state index contributed by atoms with van der Waals surface area (Å²) >= 11 is 1.66. The molecule has 2 N–H and O–H groups in total. The lowest BCUT2D eigenvalue weighted by Gasteiger charge is -2.20. The van der Waals surface area contributed by atoms with Gasteiger partial charge in [0.15, 0.2) is 0 Å². The molecule has 0 bridgehead atoms. The third kappa shape index (κ3) is 3.08. The number of aromatic nitrogens is 1. The van der Waals surface area contributed by atoms with Crippen LogP contribution in [-0.4, -0.2) is 17.4 Å². The molecule has 3 rings (SSSR count). The average molecular weight is 301 g/mol. The van der Waals surface area contributed by atoms with Crippen molar-refractivity contribution in [1.82, 2.24) is 10.3 Å². The fraction of sp³-hybridized carbons (Fsp3) is 0.375. The highest BCUT2D eigenvalue weighted by Crippen LogP contribution is 2.25. The molecule has 0 fully saturated rings. The number of carbonyl (C=O) groups is 1. The smallest absolute Gasteiger partial charge is 0.251 e. The zero-order valence-electron chi connectivity index (χ0n) is 12.1. The highest BCUT2D eigenvalue weighted by atomic mass is 32.1. The van der Waals surface area contributed by atoms with Crippen molar-refractivity contribution in [2.75, 3.05) is 11.9 Å². The summed E-state index contributed by atoms with van der Waals surface area (Å²) in [6, 6.07) is 5.88. The Kier molecular flexibility index (Phi) is 4.20. The zero-order chi connectivity index (χ0) is 14.7. The number of hydrogen-bond acceptors (Lipinski definition) is 4. The van der Waals surface area contributed by atoms with Gasteiger partial charge in [0.1, 0.15) is 5.01 Å². The molecule has 4 nitrogen and oxygen atoms in total. The lowest BCUT2D eigenvalue weighted by atomic mass is 9.97. The molecule has 0 saturated heterocycles. The van der Waals surface area contributed by atoms with E-state index >= 15 is 0 Å². The summed E-state index contributed by atoms with van der Waals surface area (Å²) in [7, 11) is 0. The van der Waals surface area contributed by atoms with E-state index in [9.17, 15) is 4.79 Å². The van der Waals surface area contributed by atoms with Crippen molar-refractivity contribution in [3.8, 4) is 0 Å². The fourth-order valence-corrected chi connectivity index (χ4v) is 3.37. The van der Waals surface area contributed by atoms with Crippen LogP contribution in [0.2, 0.25) is 0 Å². The van der Waals surface area contributed by atoms with Gasteiger partial charge in [0.2, 0.25) is 0 Å². The van der Waals surface area contributed by atoms with Crippen molar-refractivity contribution in [1.29, 1.82) is 0 Å². The SMILES string of the molecule is CCc1cnc(CNC(=O)c2cccc3c2CCCN3)s1. The molecule has 1 amide bonds. The predicted molar refractivity (Wildman–Crippen MR) is 85.9 cm³/mol. The van der Waals surface area contributed by atoms with Crippen LogP contribution in [0.1, 0.15) is 39.2 Å². The molecule has 0 spiro atoms. The number of carbonyl (C=O) groups excluding carboxylic acids is 1. The molecule has 2 aromatic rings. The second-order valence-corrected chi connectivity index (χ2v) is 6.32. The summed E-state index contributed by atoms with van der Waals surface area (Å²) in [5, 5.41) is 7.30. The molecule has 1 aliphatic rings. The maximum Gasteiger partial charge on any atom is 0.251 e. The Labute approximate surface area is 128 Å². The number of anilines is 1. The van der Waals surface area contributed by atoms with E-state index < -0.39 is 0 Å². The van der Waals surface area contributed by atoms with Crippen molar-refractivity contribution >= 4 is 22.9 Å². The lowest BCUT2D eigenvalue weighted by Crippen LogP contribution is -2.25. The molecule has 110 valence electrons. The second-order valence-electron chi connectivity index (χ2n) is 5.12. The summed E-state index contributed by atoms with van der Waals surface area (Å²) in [4.78, 5) is 18.0. The number of rotatable bonds is 4. The monoisotopic (exact) mass is 301 g/mol. The Bertz CT molecular complexity index is 651. The quantitative estimate of drug-likeness (QED) is 0.913. The van der Waals surface area contributed by atoms with E-state index in [-0.39, 0.29) is 5.91 Å². The van der Waals surface area contributed by atoms with Gasteiger partial charge in [-0.1, -0.05) is 13.0 Å². The molecule has 1 aliphatic heterocycles. The minimum absolute atomic E-state index is 0.0104. The molecule has 1 aromatic heterocycles. The first-order chi connectivity index (χ1) is 10.3. The van der Waals surface area contributed by atoms with E-state index in [1.807, 2.05) is 24.4 Å². The molecule has 2 heterocycles. The molecule has 0 unspecified atom stereocenters. The number of aryl methyl sites for hydroxylation is 1. The largest absolute Gasteiger partial charge is 0.385 e. The number of amides is 1. The molecule has 0 atom stereocenters. The van der Waals surface area contributed by atoms with Crippen molar-refractivity contribution in [2.45, 2.75) is 32.7 Å². The minimum atomic E-state index is -0.0104. The van der Waals surface area contributed by atoms with Crippen molar-refractivity contribution in [2.24, 2.45) is 0 Å². The van der Waals surface area contributed by atoms with Gasteiger partial charge < -0.3 is 10.6 Å². The van der Waals surface area contributed by atoms with E-state index in [0.29, 0.717) is 6.54 Å². The highest BCUT2D eigenvalue weighted by molar-refractivity contribution is 7.11. The molecular weight excluding hydrogens is 282 g/mol. The Balaban J connectivity index is 1.71. The topological polar surface area (TPSA) is 54.0 Å². The van der Waals surface area contributed by atoms with Crippen molar-refractivity contribution < 1.29 is 4.79 Å².